The van der Waals surface area contributed by atoms with E-state index in [2.05, 4.69) is 0 Å². The highest BCUT2D eigenvalue weighted by molar-refractivity contribution is 5.57. The van der Waals surface area contributed by atoms with Crippen molar-refractivity contribution in [3.05, 3.63) is 23.5 Å². The zero-order valence-electron chi connectivity index (χ0n) is 9.82. The molecule has 0 heterocycles. The highest BCUT2D eigenvalue weighted by Gasteiger charge is 2.25. The first-order chi connectivity index (χ1) is 8.11. The summed E-state index contributed by atoms with van der Waals surface area (Å²) in [5.74, 6) is -0.426. The monoisotopic (exact) mass is 238 g/mol. The number of rotatable bonds is 2. The Bertz CT molecular complexity index is 403. The van der Waals surface area contributed by atoms with Gasteiger partial charge in [-0.25, -0.2) is 4.39 Å². The molecule has 1 atom stereocenters. The summed E-state index contributed by atoms with van der Waals surface area (Å²) in [5.41, 5.74) is 12.0. The normalized spacial score (nSPS) is 19.2. The van der Waals surface area contributed by atoms with Gasteiger partial charge in [-0.3, -0.25) is 0 Å². The first kappa shape index (κ1) is 12.2. The molecular weight excluding hydrogens is 219 g/mol. The van der Waals surface area contributed by atoms with Gasteiger partial charge < -0.3 is 16.6 Å². The molecule has 0 aliphatic heterocycles. The predicted molar refractivity (Wildman–Crippen MR) is 66.0 cm³/mol. The van der Waals surface area contributed by atoms with Crippen molar-refractivity contribution in [1.82, 2.24) is 0 Å². The second-order valence-corrected chi connectivity index (χ2v) is 4.82. The molecule has 17 heavy (non-hydrogen) atoms. The smallest absolute Gasteiger partial charge is 0.149 e. The maximum absolute atomic E-state index is 13.1. The fourth-order valence-electron chi connectivity index (χ4n) is 2.62. The molecule has 2 rings (SSSR count). The zero-order chi connectivity index (χ0) is 12.4. The molecule has 94 valence electrons. The van der Waals surface area contributed by atoms with E-state index in [9.17, 15) is 9.50 Å². The molecule has 0 amide bonds. The van der Waals surface area contributed by atoms with Crippen molar-refractivity contribution >= 4 is 5.69 Å². The molecular formula is C13H19FN2O. The fourth-order valence-corrected chi connectivity index (χ4v) is 2.62. The number of nitrogens with two attached hydrogens (primary N) is 2. The van der Waals surface area contributed by atoms with E-state index in [-0.39, 0.29) is 17.5 Å². The molecule has 5 N–H and O–H groups in total. The molecule has 1 aromatic rings. The third-order valence-corrected chi connectivity index (χ3v) is 3.71. The van der Waals surface area contributed by atoms with Crippen LogP contribution in [0.3, 0.4) is 0 Å². The van der Waals surface area contributed by atoms with Crippen molar-refractivity contribution < 1.29 is 9.50 Å². The van der Waals surface area contributed by atoms with Gasteiger partial charge in [-0.05, 0) is 24.8 Å². The average molecular weight is 238 g/mol. The second-order valence-electron chi connectivity index (χ2n) is 4.82. The largest absolute Gasteiger partial charge is 0.505 e. The van der Waals surface area contributed by atoms with Gasteiger partial charge in [-0.2, -0.15) is 0 Å². The van der Waals surface area contributed by atoms with Gasteiger partial charge in [-0.15, -0.1) is 0 Å². The van der Waals surface area contributed by atoms with Gasteiger partial charge in [0.2, 0.25) is 0 Å². The Morgan fingerprint density at radius 1 is 1.24 bits per heavy atom. The van der Waals surface area contributed by atoms with E-state index in [1.54, 1.807) is 6.07 Å². The average Bonchev–Trinajstić information content (AvgIpc) is 2.36. The number of aromatic hydroxyl groups is 1. The van der Waals surface area contributed by atoms with Gasteiger partial charge in [0.1, 0.15) is 17.3 Å². The molecule has 1 fully saturated rings. The number of nitrogen functional groups attached to an aromatic ring is 1. The molecule has 0 radical (unpaired) electrons. The van der Waals surface area contributed by atoms with Crippen LogP contribution in [-0.4, -0.2) is 5.11 Å². The Kier molecular flexibility index (Phi) is 3.52. The van der Waals surface area contributed by atoms with E-state index in [4.69, 9.17) is 11.5 Å². The summed E-state index contributed by atoms with van der Waals surface area (Å²) in [4.78, 5) is 0. The zero-order valence-corrected chi connectivity index (χ0v) is 9.82. The molecule has 1 aromatic carbocycles. The number of hydrogen-bond donors (Lipinski definition) is 3. The van der Waals surface area contributed by atoms with Crippen LogP contribution in [0.1, 0.15) is 43.7 Å². The van der Waals surface area contributed by atoms with Crippen molar-refractivity contribution in [3.63, 3.8) is 0 Å². The summed E-state index contributed by atoms with van der Waals surface area (Å²) >= 11 is 0. The van der Waals surface area contributed by atoms with Gasteiger partial charge >= 0.3 is 0 Å². The van der Waals surface area contributed by atoms with E-state index in [0.717, 1.165) is 12.8 Å². The van der Waals surface area contributed by atoms with Crippen molar-refractivity contribution in [3.8, 4) is 5.75 Å². The van der Waals surface area contributed by atoms with Crippen molar-refractivity contribution in [2.45, 2.75) is 38.1 Å². The quantitative estimate of drug-likeness (QED) is 0.548. The van der Waals surface area contributed by atoms with Gasteiger partial charge in [0.05, 0.1) is 0 Å². The topological polar surface area (TPSA) is 72.3 Å². The van der Waals surface area contributed by atoms with E-state index in [1.165, 1.54) is 25.3 Å². The summed E-state index contributed by atoms with van der Waals surface area (Å²) < 4.78 is 13.1. The van der Waals surface area contributed by atoms with Crippen LogP contribution in [0.4, 0.5) is 10.1 Å². The lowest BCUT2D eigenvalue weighted by Crippen LogP contribution is -2.23. The van der Waals surface area contributed by atoms with E-state index in [0.29, 0.717) is 11.5 Å². The molecule has 1 saturated carbocycles. The highest BCUT2D eigenvalue weighted by Crippen LogP contribution is 2.38. The summed E-state index contributed by atoms with van der Waals surface area (Å²) in [6.45, 7) is 0. The lowest BCUT2D eigenvalue weighted by atomic mass is 9.81. The molecule has 0 aromatic heterocycles. The number of phenols is 1. The third kappa shape index (κ3) is 2.36. The molecule has 4 heteroatoms. The van der Waals surface area contributed by atoms with E-state index in [1.807, 2.05) is 0 Å². The summed E-state index contributed by atoms with van der Waals surface area (Å²) in [7, 11) is 0. The summed E-state index contributed by atoms with van der Waals surface area (Å²) in [5, 5.41) is 9.83. The van der Waals surface area contributed by atoms with Crippen molar-refractivity contribution in [2.75, 3.05) is 5.73 Å². The van der Waals surface area contributed by atoms with Crippen LogP contribution >= 0.6 is 0 Å². The van der Waals surface area contributed by atoms with Gasteiger partial charge in [-0.1, -0.05) is 25.3 Å². The highest BCUT2D eigenvalue weighted by atomic mass is 19.1. The lowest BCUT2D eigenvalue weighted by molar-refractivity contribution is 0.303. The van der Waals surface area contributed by atoms with Crippen LogP contribution in [0.2, 0.25) is 0 Å². The van der Waals surface area contributed by atoms with E-state index < -0.39 is 5.82 Å². The van der Waals surface area contributed by atoms with E-state index >= 15 is 0 Å². The van der Waals surface area contributed by atoms with Crippen molar-refractivity contribution in [2.24, 2.45) is 11.7 Å². The predicted octanol–water partition coefficient (Wildman–Crippen LogP) is 2.69. The molecule has 1 aliphatic rings. The Morgan fingerprint density at radius 3 is 2.53 bits per heavy atom. The molecule has 1 aliphatic carbocycles. The Morgan fingerprint density at radius 2 is 1.88 bits per heavy atom. The van der Waals surface area contributed by atoms with Crippen LogP contribution < -0.4 is 11.5 Å². The molecule has 0 unspecified atom stereocenters. The maximum atomic E-state index is 13.1. The molecule has 3 nitrogen and oxygen atoms in total. The Hall–Kier alpha value is -1.29. The molecule has 0 saturated heterocycles. The lowest BCUT2D eigenvalue weighted by Gasteiger charge is -2.28. The first-order valence-corrected chi connectivity index (χ1v) is 6.13. The van der Waals surface area contributed by atoms with Gasteiger partial charge in [0.25, 0.3) is 0 Å². The van der Waals surface area contributed by atoms with Crippen LogP contribution in [0.15, 0.2) is 12.1 Å². The minimum atomic E-state index is -0.595. The standard InChI is InChI=1S/C13H19FN2O/c14-10-7-6-9(13(17)12(10)16)11(15)8-4-2-1-3-5-8/h6-8,11,17H,1-5,15-16H2/t11-/m1/s1. The first-order valence-electron chi connectivity index (χ1n) is 6.13. The van der Waals surface area contributed by atoms with Crippen LogP contribution in [0.25, 0.3) is 0 Å². The molecule has 0 bridgehead atoms. The second kappa shape index (κ2) is 4.92. The van der Waals surface area contributed by atoms with Crippen molar-refractivity contribution in [1.29, 1.82) is 0 Å². The van der Waals surface area contributed by atoms with Crippen LogP contribution in [0.5, 0.6) is 5.75 Å². The SMILES string of the molecule is Nc1c(F)ccc([C@H](N)C2CCCCC2)c1O. The summed E-state index contributed by atoms with van der Waals surface area (Å²) in [6.07, 6.45) is 5.74. The number of benzene rings is 1. The molecule has 0 spiro atoms. The minimum Gasteiger partial charge on any atom is -0.505 e. The van der Waals surface area contributed by atoms with Gasteiger partial charge in [0, 0.05) is 11.6 Å². The number of hydrogen-bond acceptors (Lipinski definition) is 3. The maximum Gasteiger partial charge on any atom is 0.149 e. The Balaban J connectivity index is 2.24. The minimum absolute atomic E-state index is 0.192. The van der Waals surface area contributed by atoms with Crippen LogP contribution in [0, 0.1) is 11.7 Å². The number of phenolic OH excluding ortho intramolecular Hbond substituents is 1. The number of halogens is 1. The Labute approximate surface area is 101 Å². The fraction of sp³-hybridized carbons (Fsp3) is 0.538. The third-order valence-electron chi connectivity index (χ3n) is 3.71. The number of anilines is 1. The van der Waals surface area contributed by atoms with Gasteiger partial charge in [0.15, 0.2) is 0 Å². The van der Waals surface area contributed by atoms with Crippen LogP contribution in [-0.2, 0) is 0 Å². The summed E-state index contributed by atoms with van der Waals surface area (Å²) in [6, 6.07) is 2.56.